The second kappa shape index (κ2) is 9.13. The summed E-state index contributed by atoms with van der Waals surface area (Å²) in [5.41, 5.74) is -0.584. The molecule has 0 radical (unpaired) electrons. The van der Waals surface area contributed by atoms with Crippen LogP contribution >= 0.6 is 0 Å². The Hall–Kier alpha value is -1.10. The second-order valence-electron chi connectivity index (χ2n) is 3.96. The highest BCUT2D eigenvalue weighted by Crippen LogP contribution is 2.28. The Bertz CT molecular complexity index is 1150. The van der Waals surface area contributed by atoms with E-state index in [0.717, 1.165) is 24.3 Å². The largest absolute Gasteiger partial charge is 0.491 e. The molecule has 1 fully saturated rings. The van der Waals surface area contributed by atoms with E-state index in [1.807, 2.05) is 0 Å². The Balaban J connectivity index is 2.25. The molecule has 0 spiro atoms. The van der Waals surface area contributed by atoms with E-state index in [-0.39, 0.29) is 0 Å². The first-order chi connectivity index (χ1) is 18.6. The van der Waals surface area contributed by atoms with Crippen molar-refractivity contribution in [2.75, 3.05) is 26.2 Å². The zero-order chi connectivity index (χ0) is 34.3. The molecule has 1 aliphatic carbocycles. The van der Waals surface area contributed by atoms with Crippen molar-refractivity contribution in [3.05, 3.63) is 29.8 Å². The standard InChI is InChI=1S/C18H29NO3/c1-14(2)19-11-17(20)13-22-18-7-5-15(6-8-18)9-10-21-12-16-3-4-16/h5-8,14,16-17,19-20H,3-4,9-13H2,1-2H3/i1D3,2D3,3D2,4D2,9D2,10D2,12D2,13D2,14D,16D,17D. The molecule has 4 heteroatoms. The maximum absolute atomic E-state index is 10.4. The van der Waals surface area contributed by atoms with E-state index in [4.69, 9.17) is 33.5 Å². The summed E-state index contributed by atoms with van der Waals surface area (Å²) in [6.45, 7) is -19.2. The predicted molar refractivity (Wildman–Crippen MR) is 88.3 cm³/mol. The van der Waals surface area contributed by atoms with Gasteiger partial charge in [0.1, 0.15) is 18.4 Å². The van der Waals surface area contributed by atoms with Gasteiger partial charge in [0.05, 0.1) is 16.2 Å². The smallest absolute Gasteiger partial charge is 0.119 e. The summed E-state index contributed by atoms with van der Waals surface area (Å²) in [7, 11) is 0. The number of ether oxygens (including phenoxy) is 2. The maximum Gasteiger partial charge on any atom is 0.119 e. The molecular formula is C18H29NO3. The molecule has 2 rings (SSSR count). The van der Waals surface area contributed by atoms with Crippen LogP contribution in [0.15, 0.2) is 24.3 Å². The van der Waals surface area contributed by atoms with E-state index in [1.54, 1.807) is 5.32 Å². The third kappa shape index (κ3) is 7.25. The SMILES string of the molecule is [2H]C([2H])([2H])C([2H])(NCC([2H])(O)C([2H])([2H])Oc1ccc(C([2H])([2H])C([2H])([2H])OC([2H])([2H])C2([2H])C([2H])([2H])C2([2H])[2H])cc1)C([2H])([2H])[2H]. The van der Waals surface area contributed by atoms with Gasteiger partial charge in [-0.15, -0.1) is 0 Å². The van der Waals surface area contributed by atoms with Gasteiger partial charge in [0.2, 0.25) is 0 Å². The summed E-state index contributed by atoms with van der Waals surface area (Å²) in [6.07, 6.45) is -12.9. The minimum absolute atomic E-state index is 0.514. The van der Waals surface area contributed by atoms with Crippen LogP contribution in [0.5, 0.6) is 5.75 Å². The molecule has 124 valence electrons. The normalized spacial score (nSPS) is 41.8. The van der Waals surface area contributed by atoms with Crippen molar-refractivity contribution in [1.82, 2.24) is 5.32 Å². The molecule has 1 aromatic carbocycles. The van der Waals surface area contributed by atoms with Gasteiger partial charge < -0.3 is 19.9 Å². The van der Waals surface area contributed by atoms with Crippen LogP contribution in [0.1, 0.15) is 60.8 Å². The molecular weight excluding hydrogens is 278 g/mol. The monoisotopic (exact) mass is 328 g/mol. The number of hydrogen-bond donors (Lipinski definition) is 2. The Morgan fingerprint density at radius 2 is 2.27 bits per heavy atom. The van der Waals surface area contributed by atoms with Crippen molar-refractivity contribution >= 4 is 0 Å². The third-order valence-corrected chi connectivity index (χ3v) is 2.22. The maximum atomic E-state index is 10.4. The molecule has 0 heterocycles. The average molecular weight is 329 g/mol. The molecule has 22 heavy (non-hydrogen) atoms. The summed E-state index contributed by atoms with van der Waals surface area (Å²) in [5, 5.41) is 12.1. The van der Waals surface area contributed by atoms with E-state index in [0.29, 0.717) is 0 Å². The Morgan fingerprint density at radius 3 is 2.95 bits per heavy atom. The summed E-state index contributed by atoms with van der Waals surface area (Å²) in [4.78, 5) is 0. The number of benzene rings is 1. The molecule has 1 atom stereocenters. The summed E-state index contributed by atoms with van der Waals surface area (Å²) < 4.78 is 171. The van der Waals surface area contributed by atoms with E-state index in [1.165, 1.54) is 0 Å². The van der Waals surface area contributed by atoms with Gasteiger partial charge in [-0.1, -0.05) is 25.8 Å². The van der Waals surface area contributed by atoms with Crippen LogP contribution in [-0.4, -0.2) is 43.4 Å². The Kier molecular flexibility index (Phi) is 1.87. The molecule has 0 saturated heterocycles. The van der Waals surface area contributed by atoms with E-state index in [2.05, 4.69) is 4.74 Å². The van der Waals surface area contributed by atoms with Gasteiger partial charge in [-0.25, -0.2) is 0 Å². The first-order valence-corrected chi connectivity index (χ1v) is 6.07. The van der Waals surface area contributed by atoms with E-state index < -0.39 is 88.3 Å². The van der Waals surface area contributed by atoms with Crippen molar-refractivity contribution < 1.29 is 43.4 Å². The fourth-order valence-electron chi connectivity index (χ4n) is 1.18. The highest BCUT2D eigenvalue weighted by atomic mass is 16.5. The molecule has 2 N–H and O–H groups in total. The first-order valence-electron chi connectivity index (χ1n) is 16.6. The van der Waals surface area contributed by atoms with Gasteiger partial charge in [0, 0.05) is 38.3 Å². The summed E-state index contributed by atoms with van der Waals surface area (Å²) in [6, 6.07) is -0.104. The predicted octanol–water partition coefficient (Wildman–Crippen LogP) is 2.39. The van der Waals surface area contributed by atoms with Crippen molar-refractivity contribution in [2.45, 2.75) is 44.9 Å². The molecule has 1 unspecified atom stereocenters. The zero-order valence-electron chi connectivity index (χ0n) is 32.3. The molecule has 1 aromatic rings. The van der Waals surface area contributed by atoms with Crippen LogP contribution < -0.4 is 10.1 Å². The quantitative estimate of drug-likeness (QED) is 0.655. The van der Waals surface area contributed by atoms with Crippen LogP contribution in [-0.2, 0) is 11.1 Å². The fourth-order valence-corrected chi connectivity index (χ4v) is 1.18. The lowest BCUT2D eigenvalue weighted by atomic mass is 10.1. The molecule has 0 bridgehead atoms. The summed E-state index contributed by atoms with van der Waals surface area (Å²) >= 11 is 0. The lowest BCUT2D eigenvalue weighted by Gasteiger charge is -2.15. The lowest BCUT2D eigenvalue weighted by Crippen LogP contribution is -2.35. The number of aryl methyl sites for hydroxylation is 1. The molecule has 1 aliphatic rings. The topological polar surface area (TPSA) is 50.7 Å². The average Bonchev–Trinajstić information content (AvgIpc) is 3.12. The number of hydrogen-bond acceptors (Lipinski definition) is 4. The minimum atomic E-state index is -3.67. The lowest BCUT2D eigenvalue weighted by molar-refractivity contribution is 0.104. The Labute approximate surface area is 163 Å². The first kappa shape index (κ1) is 4.50. The van der Waals surface area contributed by atoms with E-state index >= 15 is 0 Å². The molecule has 0 aliphatic heterocycles. The number of nitrogens with one attached hydrogen (secondary N) is 1. The van der Waals surface area contributed by atoms with Crippen molar-refractivity contribution in [3.63, 3.8) is 0 Å². The number of aliphatic hydroxyl groups is 1. The van der Waals surface area contributed by atoms with Gasteiger partial charge in [-0.3, -0.25) is 0 Å². The molecule has 1 saturated carbocycles. The number of rotatable bonds is 11. The van der Waals surface area contributed by atoms with Crippen LogP contribution in [0.4, 0.5) is 0 Å². The van der Waals surface area contributed by atoms with Gasteiger partial charge >= 0.3 is 0 Å². The second-order valence-corrected chi connectivity index (χ2v) is 3.96. The van der Waals surface area contributed by atoms with Crippen LogP contribution in [0, 0.1) is 5.89 Å². The van der Waals surface area contributed by atoms with Crippen LogP contribution in [0.25, 0.3) is 0 Å². The van der Waals surface area contributed by atoms with Gasteiger partial charge in [0.25, 0.3) is 0 Å². The molecule has 0 aromatic heterocycles. The molecule has 0 amide bonds. The van der Waals surface area contributed by atoms with Crippen molar-refractivity contribution in [3.8, 4) is 5.75 Å². The highest BCUT2D eigenvalue weighted by Gasteiger charge is 2.20. The van der Waals surface area contributed by atoms with Crippen LogP contribution in [0.3, 0.4) is 0 Å². The third-order valence-electron chi connectivity index (χ3n) is 2.22. The Morgan fingerprint density at radius 1 is 1.50 bits per heavy atom. The highest BCUT2D eigenvalue weighted by molar-refractivity contribution is 5.27. The van der Waals surface area contributed by atoms with E-state index in [9.17, 15) is 5.11 Å². The summed E-state index contributed by atoms with van der Waals surface area (Å²) in [5.74, 6) is -3.76. The minimum Gasteiger partial charge on any atom is -0.491 e. The van der Waals surface area contributed by atoms with Crippen LogP contribution in [0.2, 0.25) is 0 Å². The van der Waals surface area contributed by atoms with Gasteiger partial charge in [-0.05, 0) is 42.7 Å². The van der Waals surface area contributed by atoms with Crippen molar-refractivity contribution in [1.29, 1.82) is 0 Å². The van der Waals surface area contributed by atoms with Crippen molar-refractivity contribution in [2.24, 2.45) is 5.89 Å². The van der Waals surface area contributed by atoms with Gasteiger partial charge in [0.15, 0.2) is 0 Å². The fraction of sp³-hybridized carbons (Fsp3) is 0.667. The van der Waals surface area contributed by atoms with Gasteiger partial charge in [-0.2, -0.15) is 0 Å². The molecule has 4 nitrogen and oxygen atoms in total. The zero-order valence-corrected chi connectivity index (χ0v) is 11.3.